The van der Waals surface area contributed by atoms with Crippen molar-refractivity contribution in [2.45, 2.75) is 12.8 Å². The molecule has 0 bridgehead atoms. The van der Waals surface area contributed by atoms with Gasteiger partial charge < -0.3 is 15.2 Å². The number of aliphatic hydroxyl groups excluding tert-OH is 1. The molecule has 0 aliphatic heterocycles. The molecule has 1 aromatic carbocycles. The van der Waals surface area contributed by atoms with E-state index in [1.54, 1.807) is 0 Å². The molecule has 0 spiro atoms. The summed E-state index contributed by atoms with van der Waals surface area (Å²) in [6.07, 6.45) is 1.54. The van der Waals surface area contributed by atoms with Crippen LogP contribution in [0.2, 0.25) is 0 Å². The fourth-order valence-corrected chi connectivity index (χ4v) is 1.42. The molecule has 4 nitrogen and oxygen atoms in total. The minimum absolute atomic E-state index is 0.0564. The van der Waals surface area contributed by atoms with Crippen LogP contribution in [0.3, 0.4) is 0 Å². The van der Waals surface area contributed by atoms with Gasteiger partial charge in [0.2, 0.25) is 5.91 Å². The third kappa shape index (κ3) is 4.42. The van der Waals surface area contributed by atoms with Gasteiger partial charge in [0.25, 0.3) is 0 Å². The highest BCUT2D eigenvalue weighted by atomic mass is 16.5. The first-order valence-electron chi connectivity index (χ1n) is 5.25. The van der Waals surface area contributed by atoms with Crippen molar-refractivity contribution in [1.82, 2.24) is 0 Å². The number of carbonyl (C=O) groups is 1. The van der Waals surface area contributed by atoms with Crippen molar-refractivity contribution >= 4 is 11.6 Å². The van der Waals surface area contributed by atoms with Gasteiger partial charge in [-0.3, -0.25) is 4.79 Å². The van der Waals surface area contributed by atoms with E-state index in [0.29, 0.717) is 0 Å². The monoisotopic (exact) mass is 223 g/mol. The van der Waals surface area contributed by atoms with Crippen LogP contribution in [0, 0.1) is 0 Å². The zero-order valence-corrected chi connectivity index (χ0v) is 9.40. The Hall–Kier alpha value is -1.39. The van der Waals surface area contributed by atoms with Crippen LogP contribution in [0.1, 0.15) is 12.0 Å². The van der Waals surface area contributed by atoms with E-state index < -0.39 is 0 Å². The summed E-state index contributed by atoms with van der Waals surface area (Å²) in [5, 5.41) is 11.5. The molecule has 0 atom stereocenters. The summed E-state index contributed by atoms with van der Waals surface area (Å²) >= 11 is 0. The Labute approximate surface area is 95.2 Å². The van der Waals surface area contributed by atoms with E-state index in [0.717, 1.165) is 24.1 Å². The van der Waals surface area contributed by atoms with Gasteiger partial charge >= 0.3 is 0 Å². The van der Waals surface area contributed by atoms with E-state index in [2.05, 4.69) is 5.32 Å². The van der Waals surface area contributed by atoms with Gasteiger partial charge in [0.1, 0.15) is 6.61 Å². The van der Waals surface area contributed by atoms with Crippen molar-refractivity contribution in [3.63, 3.8) is 0 Å². The largest absolute Gasteiger partial charge is 0.396 e. The second-order valence-corrected chi connectivity index (χ2v) is 3.51. The molecule has 0 saturated heterocycles. The zero-order chi connectivity index (χ0) is 11.8. The number of aliphatic hydroxyl groups is 1. The maximum absolute atomic E-state index is 11.3. The summed E-state index contributed by atoms with van der Waals surface area (Å²) in [7, 11) is 1.48. The molecule has 16 heavy (non-hydrogen) atoms. The molecule has 0 radical (unpaired) electrons. The number of rotatable bonds is 6. The first-order chi connectivity index (χ1) is 7.76. The molecule has 0 aromatic heterocycles. The highest BCUT2D eigenvalue weighted by Gasteiger charge is 2.01. The average molecular weight is 223 g/mol. The fourth-order valence-electron chi connectivity index (χ4n) is 1.42. The van der Waals surface area contributed by atoms with Crippen molar-refractivity contribution in [2.24, 2.45) is 0 Å². The Balaban J connectivity index is 2.56. The number of aryl methyl sites for hydroxylation is 1. The number of benzene rings is 1. The molecule has 1 rings (SSSR count). The van der Waals surface area contributed by atoms with Gasteiger partial charge in [0.15, 0.2) is 0 Å². The molecule has 0 aliphatic carbocycles. The molecular formula is C12H17NO3. The van der Waals surface area contributed by atoms with E-state index in [-0.39, 0.29) is 19.1 Å². The summed E-state index contributed by atoms with van der Waals surface area (Å²) < 4.78 is 4.73. The van der Waals surface area contributed by atoms with Crippen molar-refractivity contribution in [1.29, 1.82) is 0 Å². The lowest BCUT2D eigenvalue weighted by Crippen LogP contribution is -2.17. The SMILES string of the molecule is COCC(=O)Nc1cccc(CCCO)c1. The maximum Gasteiger partial charge on any atom is 0.250 e. The summed E-state index contributed by atoms with van der Waals surface area (Å²) in [6.45, 7) is 0.237. The molecule has 2 N–H and O–H groups in total. The number of carbonyl (C=O) groups excluding carboxylic acids is 1. The zero-order valence-electron chi connectivity index (χ0n) is 9.40. The Morgan fingerprint density at radius 1 is 1.50 bits per heavy atom. The smallest absolute Gasteiger partial charge is 0.250 e. The van der Waals surface area contributed by atoms with Crippen molar-refractivity contribution in [3.05, 3.63) is 29.8 Å². The predicted molar refractivity (Wildman–Crippen MR) is 62.4 cm³/mol. The van der Waals surface area contributed by atoms with Gasteiger partial charge in [-0.2, -0.15) is 0 Å². The molecule has 0 unspecified atom stereocenters. The van der Waals surface area contributed by atoms with Gasteiger partial charge in [-0.1, -0.05) is 12.1 Å². The summed E-state index contributed by atoms with van der Waals surface area (Å²) in [6, 6.07) is 7.59. The van der Waals surface area contributed by atoms with Crippen molar-refractivity contribution in [3.8, 4) is 0 Å². The number of ether oxygens (including phenoxy) is 1. The number of methoxy groups -OCH3 is 1. The molecule has 0 fully saturated rings. The molecule has 88 valence electrons. The van der Waals surface area contributed by atoms with Crippen LogP contribution in [0.4, 0.5) is 5.69 Å². The molecule has 0 heterocycles. The Bertz CT molecular complexity index is 339. The Morgan fingerprint density at radius 2 is 2.31 bits per heavy atom. The molecule has 4 heteroatoms. The van der Waals surface area contributed by atoms with Gasteiger partial charge in [-0.25, -0.2) is 0 Å². The fraction of sp³-hybridized carbons (Fsp3) is 0.417. The van der Waals surface area contributed by atoms with Gasteiger partial charge in [-0.05, 0) is 30.5 Å². The van der Waals surface area contributed by atoms with E-state index in [1.807, 2.05) is 24.3 Å². The normalized spacial score (nSPS) is 10.1. The topological polar surface area (TPSA) is 58.6 Å². The van der Waals surface area contributed by atoms with Crippen molar-refractivity contribution < 1.29 is 14.6 Å². The number of anilines is 1. The summed E-state index contributed by atoms with van der Waals surface area (Å²) in [5.74, 6) is -0.165. The predicted octanol–water partition coefficient (Wildman–Crippen LogP) is 1.20. The van der Waals surface area contributed by atoms with Gasteiger partial charge in [0, 0.05) is 19.4 Å². The highest BCUT2D eigenvalue weighted by Crippen LogP contribution is 2.12. The molecule has 1 amide bonds. The minimum Gasteiger partial charge on any atom is -0.396 e. The Morgan fingerprint density at radius 3 is 3.00 bits per heavy atom. The van der Waals surface area contributed by atoms with Crippen LogP contribution in [-0.2, 0) is 16.0 Å². The van der Waals surface area contributed by atoms with E-state index in [4.69, 9.17) is 9.84 Å². The first-order valence-corrected chi connectivity index (χ1v) is 5.25. The average Bonchev–Trinajstić information content (AvgIpc) is 2.27. The summed E-state index contributed by atoms with van der Waals surface area (Å²) in [5.41, 5.74) is 1.86. The molecule has 0 saturated carbocycles. The van der Waals surface area contributed by atoms with Crippen LogP contribution < -0.4 is 5.32 Å². The molecule has 0 aliphatic rings. The van der Waals surface area contributed by atoms with E-state index >= 15 is 0 Å². The molecule has 1 aromatic rings. The van der Waals surface area contributed by atoms with Crippen LogP contribution in [0.5, 0.6) is 0 Å². The quantitative estimate of drug-likeness (QED) is 0.761. The van der Waals surface area contributed by atoms with Crippen LogP contribution >= 0.6 is 0 Å². The lowest BCUT2D eigenvalue weighted by Gasteiger charge is -2.06. The minimum atomic E-state index is -0.165. The summed E-state index contributed by atoms with van der Waals surface area (Å²) in [4.78, 5) is 11.3. The first kappa shape index (κ1) is 12.7. The number of nitrogens with one attached hydrogen (secondary N) is 1. The van der Waals surface area contributed by atoms with Crippen LogP contribution in [-0.4, -0.2) is 31.3 Å². The van der Waals surface area contributed by atoms with Crippen LogP contribution in [0.15, 0.2) is 24.3 Å². The van der Waals surface area contributed by atoms with E-state index in [1.165, 1.54) is 7.11 Å². The third-order valence-electron chi connectivity index (χ3n) is 2.11. The van der Waals surface area contributed by atoms with Crippen LogP contribution in [0.25, 0.3) is 0 Å². The Kier molecular flexibility index (Phi) is 5.53. The van der Waals surface area contributed by atoms with Gasteiger partial charge in [-0.15, -0.1) is 0 Å². The number of hydrogen-bond acceptors (Lipinski definition) is 3. The van der Waals surface area contributed by atoms with Gasteiger partial charge in [0.05, 0.1) is 0 Å². The molecular weight excluding hydrogens is 206 g/mol. The lowest BCUT2D eigenvalue weighted by atomic mass is 10.1. The highest BCUT2D eigenvalue weighted by molar-refractivity contribution is 5.91. The number of hydrogen-bond donors (Lipinski definition) is 2. The number of amides is 1. The lowest BCUT2D eigenvalue weighted by molar-refractivity contribution is -0.119. The third-order valence-corrected chi connectivity index (χ3v) is 2.11. The standard InChI is InChI=1S/C12H17NO3/c1-16-9-12(15)13-11-6-2-4-10(8-11)5-3-7-14/h2,4,6,8,14H,3,5,7,9H2,1H3,(H,13,15). The second kappa shape index (κ2) is 6.98. The maximum atomic E-state index is 11.3. The van der Waals surface area contributed by atoms with E-state index in [9.17, 15) is 4.79 Å². The second-order valence-electron chi connectivity index (χ2n) is 3.51. The van der Waals surface area contributed by atoms with Crippen molar-refractivity contribution in [2.75, 3.05) is 25.6 Å².